The average Bonchev–Trinajstić information content (AvgIpc) is 3.03. The summed E-state index contributed by atoms with van der Waals surface area (Å²) in [6.45, 7) is 5.41. The molecule has 9 heteroatoms. The van der Waals surface area contributed by atoms with Gasteiger partial charge in [0.25, 0.3) is 0 Å². The lowest BCUT2D eigenvalue weighted by molar-refractivity contribution is -0.136. The SMILES string of the molecule is Cc1nc(CN2CCN(C(=O)CC(=O)Nc3ccc(F)c(Cl)c3)CC2)cs1. The Hall–Kier alpha value is -2.03. The summed E-state index contributed by atoms with van der Waals surface area (Å²) in [6.07, 6.45) is -0.250. The van der Waals surface area contributed by atoms with Gasteiger partial charge in [-0.3, -0.25) is 14.5 Å². The Balaban J connectivity index is 1.44. The van der Waals surface area contributed by atoms with Crippen molar-refractivity contribution in [2.45, 2.75) is 19.9 Å². The molecule has 27 heavy (non-hydrogen) atoms. The largest absolute Gasteiger partial charge is 0.340 e. The molecule has 0 atom stereocenters. The molecular formula is C18H20ClFN4O2S. The number of nitrogens with zero attached hydrogens (tertiary/aromatic N) is 3. The minimum absolute atomic E-state index is 0.0782. The molecule has 6 nitrogen and oxygen atoms in total. The molecule has 0 unspecified atom stereocenters. The van der Waals surface area contributed by atoms with E-state index in [0.29, 0.717) is 18.8 Å². The van der Waals surface area contributed by atoms with E-state index in [1.54, 1.807) is 16.2 Å². The molecule has 1 fully saturated rings. The van der Waals surface area contributed by atoms with Gasteiger partial charge >= 0.3 is 0 Å². The molecule has 1 aromatic carbocycles. The first-order chi connectivity index (χ1) is 12.9. The van der Waals surface area contributed by atoms with Gasteiger partial charge in [-0.25, -0.2) is 9.37 Å². The minimum Gasteiger partial charge on any atom is -0.340 e. The number of amides is 2. The van der Waals surface area contributed by atoms with Gasteiger partial charge in [0.2, 0.25) is 11.8 Å². The van der Waals surface area contributed by atoms with Crippen LogP contribution >= 0.6 is 22.9 Å². The van der Waals surface area contributed by atoms with Crippen LogP contribution in [0.1, 0.15) is 17.1 Å². The highest BCUT2D eigenvalue weighted by molar-refractivity contribution is 7.09. The van der Waals surface area contributed by atoms with E-state index < -0.39 is 11.7 Å². The molecule has 1 aliphatic rings. The molecule has 0 aliphatic carbocycles. The van der Waals surface area contributed by atoms with Crippen LogP contribution in [-0.2, 0) is 16.1 Å². The summed E-state index contributed by atoms with van der Waals surface area (Å²) in [5, 5.41) is 5.59. The van der Waals surface area contributed by atoms with Gasteiger partial charge in [-0.05, 0) is 25.1 Å². The molecule has 0 spiro atoms. The van der Waals surface area contributed by atoms with Crippen LogP contribution in [0.5, 0.6) is 0 Å². The molecule has 2 heterocycles. The van der Waals surface area contributed by atoms with E-state index in [9.17, 15) is 14.0 Å². The fourth-order valence-electron chi connectivity index (χ4n) is 2.89. The first-order valence-electron chi connectivity index (χ1n) is 8.57. The summed E-state index contributed by atoms with van der Waals surface area (Å²) in [7, 11) is 0. The summed E-state index contributed by atoms with van der Waals surface area (Å²) < 4.78 is 13.1. The minimum atomic E-state index is -0.559. The van der Waals surface area contributed by atoms with Crippen molar-refractivity contribution in [2.24, 2.45) is 0 Å². The van der Waals surface area contributed by atoms with Crippen molar-refractivity contribution in [2.75, 3.05) is 31.5 Å². The van der Waals surface area contributed by atoms with E-state index in [0.717, 1.165) is 30.3 Å². The first kappa shape index (κ1) is 19.7. The molecule has 0 saturated carbocycles. The van der Waals surface area contributed by atoms with Crippen LogP contribution in [0, 0.1) is 12.7 Å². The molecule has 1 saturated heterocycles. The van der Waals surface area contributed by atoms with Crippen molar-refractivity contribution >= 4 is 40.4 Å². The lowest BCUT2D eigenvalue weighted by atomic mass is 10.2. The van der Waals surface area contributed by atoms with E-state index in [4.69, 9.17) is 11.6 Å². The van der Waals surface area contributed by atoms with Crippen molar-refractivity contribution in [1.82, 2.24) is 14.8 Å². The number of halogens is 2. The first-order valence-corrected chi connectivity index (χ1v) is 9.82. The van der Waals surface area contributed by atoms with E-state index >= 15 is 0 Å². The molecule has 2 aromatic rings. The van der Waals surface area contributed by atoms with E-state index in [2.05, 4.69) is 20.6 Å². The Morgan fingerprint density at radius 2 is 2.04 bits per heavy atom. The predicted octanol–water partition coefficient (Wildman–Crippen LogP) is 2.92. The van der Waals surface area contributed by atoms with Gasteiger partial charge in [-0.2, -0.15) is 0 Å². The van der Waals surface area contributed by atoms with Gasteiger partial charge in [0.1, 0.15) is 12.2 Å². The number of piperazine rings is 1. The normalized spacial score (nSPS) is 15.0. The third kappa shape index (κ3) is 5.47. The molecular weight excluding hydrogens is 391 g/mol. The standard InChI is InChI=1S/C18H20ClFN4O2S/c1-12-21-14(11-27-12)10-23-4-6-24(7-5-23)18(26)9-17(25)22-13-2-3-16(20)15(19)8-13/h2-3,8,11H,4-7,9-10H2,1H3,(H,22,25). The maximum Gasteiger partial charge on any atom is 0.233 e. The van der Waals surface area contributed by atoms with Crippen LogP contribution < -0.4 is 5.32 Å². The zero-order chi connectivity index (χ0) is 19.4. The molecule has 1 aromatic heterocycles. The third-order valence-corrected chi connectivity index (χ3v) is 5.40. The Morgan fingerprint density at radius 1 is 1.30 bits per heavy atom. The van der Waals surface area contributed by atoms with Gasteiger partial charge in [-0.15, -0.1) is 11.3 Å². The van der Waals surface area contributed by atoms with Gasteiger partial charge in [0, 0.05) is 43.8 Å². The lowest BCUT2D eigenvalue weighted by Crippen LogP contribution is -2.48. The zero-order valence-electron chi connectivity index (χ0n) is 14.9. The average molecular weight is 411 g/mol. The molecule has 1 aliphatic heterocycles. The van der Waals surface area contributed by atoms with Crippen molar-refractivity contribution in [3.63, 3.8) is 0 Å². The Kier molecular flexibility index (Phi) is 6.41. The molecule has 2 amide bonds. The number of hydrogen-bond donors (Lipinski definition) is 1. The number of rotatable bonds is 5. The highest BCUT2D eigenvalue weighted by Gasteiger charge is 2.23. The summed E-state index contributed by atoms with van der Waals surface area (Å²) in [6, 6.07) is 3.89. The van der Waals surface area contributed by atoms with Crippen LogP contribution in [0.15, 0.2) is 23.6 Å². The maximum atomic E-state index is 13.1. The number of benzene rings is 1. The van der Waals surface area contributed by atoms with Crippen molar-refractivity contribution < 1.29 is 14.0 Å². The number of aryl methyl sites for hydroxylation is 1. The molecule has 0 bridgehead atoms. The fourth-order valence-corrected chi connectivity index (χ4v) is 3.68. The Morgan fingerprint density at radius 3 is 2.67 bits per heavy atom. The van der Waals surface area contributed by atoms with Crippen molar-refractivity contribution in [3.05, 3.63) is 45.1 Å². The number of nitrogens with one attached hydrogen (secondary N) is 1. The zero-order valence-corrected chi connectivity index (χ0v) is 16.4. The van der Waals surface area contributed by atoms with Gasteiger partial charge in [0.15, 0.2) is 0 Å². The summed E-state index contributed by atoms with van der Waals surface area (Å²) in [5.41, 5.74) is 1.41. The molecule has 0 radical (unpaired) electrons. The van der Waals surface area contributed by atoms with Crippen LogP contribution in [0.4, 0.5) is 10.1 Å². The van der Waals surface area contributed by atoms with Gasteiger partial charge < -0.3 is 10.2 Å². The van der Waals surface area contributed by atoms with Crippen LogP contribution in [0.25, 0.3) is 0 Å². The fraction of sp³-hybridized carbons (Fsp3) is 0.389. The second-order valence-electron chi connectivity index (χ2n) is 6.37. The van der Waals surface area contributed by atoms with Crippen LogP contribution in [-0.4, -0.2) is 52.8 Å². The third-order valence-electron chi connectivity index (χ3n) is 4.29. The van der Waals surface area contributed by atoms with E-state index in [-0.39, 0.29) is 17.4 Å². The monoisotopic (exact) mass is 410 g/mol. The van der Waals surface area contributed by atoms with Gasteiger partial charge in [-0.1, -0.05) is 11.6 Å². The summed E-state index contributed by atoms with van der Waals surface area (Å²) >= 11 is 7.32. The van der Waals surface area contributed by atoms with E-state index in [1.807, 2.05) is 6.92 Å². The highest BCUT2D eigenvalue weighted by Crippen LogP contribution is 2.19. The number of carbonyl (C=O) groups is 2. The smallest absolute Gasteiger partial charge is 0.233 e. The quantitative estimate of drug-likeness (QED) is 0.770. The lowest BCUT2D eigenvalue weighted by Gasteiger charge is -2.34. The Labute approximate surface area is 165 Å². The van der Waals surface area contributed by atoms with Crippen LogP contribution in [0.2, 0.25) is 5.02 Å². The van der Waals surface area contributed by atoms with Gasteiger partial charge in [0.05, 0.1) is 15.7 Å². The molecule has 144 valence electrons. The van der Waals surface area contributed by atoms with Crippen molar-refractivity contribution in [3.8, 4) is 0 Å². The Bertz CT molecular complexity index is 837. The highest BCUT2D eigenvalue weighted by atomic mass is 35.5. The van der Waals surface area contributed by atoms with Crippen molar-refractivity contribution in [1.29, 1.82) is 0 Å². The topological polar surface area (TPSA) is 65.5 Å². The second kappa shape index (κ2) is 8.77. The summed E-state index contributed by atoms with van der Waals surface area (Å²) in [5.74, 6) is -1.22. The van der Waals surface area contributed by atoms with Crippen LogP contribution in [0.3, 0.4) is 0 Å². The number of anilines is 1. The molecule has 3 rings (SSSR count). The second-order valence-corrected chi connectivity index (χ2v) is 7.84. The maximum absolute atomic E-state index is 13.1. The molecule has 1 N–H and O–H groups in total. The number of aromatic nitrogens is 1. The predicted molar refractivity (Wildman–Crippen MR) is 103 cm³/mol. The number of carbonyl (C=O) groups excluding carboxylic acids is 2. The number of hydrogen-bond acceptors (Lipinski definition) is 5. The summed E-state index contributed by atoms with van der Waals surface area (Å²) in [4.78, 5) is 32.8. The number of thiazole rings is 1. The van der Waals surface area contributed by atoms with E-state index in [1.165, 1.54) is 18.2 Å².